The Hall–Kier alpha value is -2.83. The molecule has 1 saturated carbocycles. The number of benzene rings is 2. The fourth-order valence-electron chi connectivity index (χ4n) is 5.11. The molecular formula is C26H30ClN5O. The summed E-state index contributed by atoms with van der Waals surface area (Å²) in [5.41, 5.74) is 10.9. The normalized spacial score (nSPS) is 20.7. The van der Waals surface area contributed by atoms with Crippen molar-refractivity contribution in [3.8, 4) is 0 Å². The predicted molar refractivity (Wildman–Crippen MR) is 136 cm³/mol. The lowest BCUT2D eigenvalue weighted by Gasteiger charge is -2.36. The van der Waals surface area contributed by atoms with Gasteiger partial charge in [-0.25, -0.2) is 4.99 Å². The molecule has 0 aromatic heterocycles. The van der Waals surface area contributed by atoms with E-state index in [4.69, 9.17) is 22.3 Å². The van der Waals surface area contributed by atoms with Crippen LogP contribution in [0.4, 0.5) is 17.1 Å². The van der Waals surface area contributed by atoms with Gasteiger partial charge in [0.15, 0.2) is 0 Å². The van der Waals surface area contributed by atoms with Crippen LogP contribution in [0.1, 0.15) is 43.2 Å². The highest BCUT2D eigenvalue weighted by molar-refractivity contribution is 6.30. The zero-order valence-electron chi connectivity index (χ0n) is 18.9. The van der Waals surface area contributed by atoms with E-state index in [9.17, 15) is 4.79 Å². The smallest absolute Gasteiger partial charge is 0.235 e. The maximum Gasteiger partial charge on any atom is 0.235 e. The van der Waals surface area contributed by atoms with E-state index in [-0.39, 0.29) is 5.91 Å². The molecule has 5 rings (SSSR count). The molecule has 1 amide bonds. The summed E-state index contributed by atoms with van der Waals surface area (Å²) >= 11 is 6.05. The van der Waals surface area contributed by atoms with Crippen LogP contribution in [0.2, 0.25) is 5.02 Å². The first-order valence-corrected chi connectivity index (χ1v) is 12.0. The van der Waals surface area contributed by atoms with E-state index >= 15 is 0 Å². The van der Waals surface area contributed by atoms with E-state index in [1.165, 1.54) is 6.20 Å². The number of allylic oxidation sites excluding steroid dienone is 1. The number of hydrogen-bond acceptors (Lipinski definition) is 5. The van der Waals surface area contributed by atoms with Crippen LogP contribution in [0.25, 0.3) is 0 Å². The fraction of sp³-hybridized carbons (Fsp3) is 0.385. The van der Waals surface area contributed by atoms with Crippen molar-refractivity contribution in [1.29, 1.82) is 0 Å². The highest BCUT2D eigenvalue weighted by Gasteiger charge is 2.52. The van der Waals surface area contributed by atoms with Gasteiger partial charge in [-0.15, -0.1) is 0 Å². The standard InChI is InChI=1S/C26H30ClN5O/c1-32-13-8-20(9-14-32)30-23-16-17(15-21-24(23)31-25(33)26(21)10-2-11-26)22(7-12-28)29-19-5-3-18(27)4-6-19/h3-7,12,15-16,20,30H,2,8-11,13-14,28H2,1H3,(H,31,33). The van der Waals surface area contributed by atoms with Gasteiger partial charge in [0.2, 0.25) is 5.91 Å². The molecule has 0 radical (unpaired) electrons. The van der Waals surface area contributed by atoms with Crippen LogP contribution in [0.15, 0.2) is 53.7 Å². The topological polar surface area (TPSA) is 82.8 Å². The Morgan fingerprint density at radius 1 is 1.24 bits per heavy atom. The summed E-state index contributed by atoms with van der Waals surface area (Å²) in [6.07, 6.45) is 8.32. The van der Waals surface area contributed by atoms with E-state index in [0.717, 1.165) is 79.1 Å². The molecule has 6 nitrogen and oxygen atoms in total. The van der Waals surface area contributed by atoms with Gasteiger partial charge in [-0.2, -0.15) is 0 Å². The van der Waals surface area contributed by atoms with Crippen molar-refractivity contribution in [1.82, 2.24) is 4.90 Å². The molecule has 0 bridgehead atoms. The number of nitrogens with two attached hydrogens (primary N) is 1. The van der Waals surface area contributed by atoms with Gasteiger partial charge in [0, 0.05) is 16.6 Å². The number of fused-ring (bicyclic) bond motifs is 2. The summed E-state index contributed by atoms with van der Waals surface area (Å²) < 4.78 is 0. The van der Waals surface area contributed by atoms with Crippen molar-refractivity contribution in [3.63, 3.8) is 0 Å². The van der Waals surface area contributed by atoms with Crippen molar-refractivity contribution in [2.24, 2.45) is 10.7 Å². The van der Waals surface area contributed by atoms with Crippen LogP contribution in [-0.4, -0.2) is 42.7 Å². The predicted octanol–water partition coefficient (Wildman–Crippen LogP) is 4.81. The zero-order chi connectivity index (χ0) is 23.0. The van der Waals surface area contributed by atoms with Crippen LogP contribution in [0, 0.1) is 0 Å². The Morgan fingerprint density at radius 3 is 2.61 bits per heavy atom. The average Bonchev–Trinajstić information content (AvgIpc) is 3.09. The van der Waals surface area contributed by atoms with E-state index < -0.39 is 5.41 Å². The number of halogens is 1. The van der Waals surface area contributed by atoms with Crippen LogP contribution in [0.3, 0.4) is 0 Å². The average molecular weight is 464 g/mol. The van der Waals surface area contributed by atoms with Crippen LogP contribution < -0.4 is 16.4 Å². The molecule has 2 aromatic carbocycles. The van der Waals surface area contributed by atoms with E-state index in [1.807, 2.05) is 30.3 Å². The monoisotopic (exact) mass is 463 g/mol. The molecule has 172 valence electrons. The van der Waals surface area contributed by atoms with Crippen molar-refractivity contribution >= 4 is 40.3 Å². The molecular weight excluding hydrogens is 434 g/mol. The Bertz CT molecular complexity index is 1110. The molecule has 0 unspecified atom stereocenters. The van der Waals surface area contributed by atoms with Crippen LogP contribution >= 0.6 is 11.6 Å². The highest BCUT2D eigenvalue weighted by Crippen LogP contribution is 2.53. The van der Waals surface area contributed by atoms with Crippen molar-refractivity contribution in [2.75, 3.05) is 30.8 Å². The summed E-state index contributed by atoms with van der Waals surface area (Å²) in [5, 5.41) is 7.62. The lowest BCUT2D eigenvalue weighted by atomic mass is 9.65. The second-order valence-corrected chi connectivity index (χ2v) is 9.83. The van der Waals surface area contributed by atoms with Gasteiger partial charge >= 0.3 is 0 Å². The first-order valence-electron chi connectivity index (χ1n) is 11.7. The van der Waals surface area contributed by atoms with Gasteiger partial charge in [0.25, 0.3) is 0 Å². The van der Waals surface area contributed by atoms with Gasteiger partial charge in [0.1, 0.15) is 0 Å². The number of aliphatic imine (C=N–C) groups is 1. The number of piperidine rings is 1. The summed E-state index contributed by atoms with van der Waals surface area (Å²) in [5.74, 6) is 0.123. The number of anilines is 2. The first kappa shape index (κ1) is 22.0. The van der Waals surface area contributed by atoms with Crippen molar-refractivity contribution in [2.45, 2.75) is 43.6 Å². The third-order valence-corrected chi connectivity index (χ3v) is 7.49. The molecule has 1 spiro atoms. The molecule has 2 fully saturated rings. The van der Waals surface area contributed by atoms with E-state index in [0.29, 0.717) is 11.1 Å². The molecule has 2 aliphatic heterocycles. The summed E-state index contributed by atoms with van der Waals surface area (Å²) in [6, 6.07) is 12.0. The Labute approximate surface area is 199 Å². The van der Waals surface area contributed by atoms with Crippen LogP contribution in [-0.2, 0) is 10.2 Å². The largest absolute Gasteiger partial charge is 0.405 e. The van der Waals surface area contributed by atoms with Crippen LogP contribution in [0.5, 0.6) is 0 Å². The molecule has 1 aliphatic carbocycles. The Kier molecular flexibility index (Phi) is 5.89. The van der Waals surface area contributed by atoms with Gasteiger partial charge in [-0.1, -0.05) is 18.0 Å². The number of rotatable bonds is 5. The second kappa shape index (κ2) is 8.84. The number of nitrogens with zero attached hydrogens (tertiary/aromatic N) is 2. The lowest BCUT2D eigenvalue weighted by Crippen LogP contribution is -2.40. The summed E-state index contributed by atoms with van der Waals surface area (Å²) in [6.45, 7) is 2.13. The zero-order valence-corrected chi connectivity index (χ0v) is 19.7. The number of carbonyl (C=O) groups is 1. The fourth-order valence-corrected chi connectivity index (χ4v) is 5.24. The number of likely N-dealkylation sites (tertiary alicyclic amines) is 1. The minimum atomic E-state index is -0.410. The molecule has 4 N–H and O–H groups in total. The number of amides is 1. The molecule has 2 heterocycles. The summed E-state index contributed by atoms with van der Waals surface area (Å²) in [4.78, 5) is 20.2. The second-order valence-electron chi connectivity index (χ2n) is 9.39. The van der Waals surface area contributed by atoms with Gasteiger partial charge in [-0.05, 0) is 100 Å². The first-order chi connectivity index (χ1) is 16.0. The van der Waals surface area contributed by atoms with Gasteiger partial charge in [0.05, 0.1) is 28.2 Å². The molecule has 2 aromatic rings. The number of nitrogens with one attached hydrogen (secondary N) is 2. The third-order valence-electron chi connectivity index (χ3n) is 7.24. The van der Waals surface area contributed by atoms with Crippen molar-refractivity contribution < 1.29 is 4.79 Å². The molecule has 3 aliphatic rings. The van der Waals surface area contributed by atoms with Crippen molar-refractivity contribution in [3.05, 3.63) is 64.8 Å². The molecule has 33 heavy (non-hydrogen) atoms. The SMILES string of the molecule is CN1CCC(Nc2cc(C(C=CN)=Nc3ccc(Cl)cc3)cc3c2NC(=O)C32CCC2)CC1. The quantitative estimate of drug-likeness (QED) is 0.555. The lowest BCUT2D eigenvalue weighted by molar-refractivity contribution is -0.123. The number of hydrogen-bond donors (Lipinski definition) is 3. The summed E-state index contributed by atoms with van der Waals surface area (Å²) in [7, 11) is 2.16. The van der Waals surface area contributed by atoms with Gasteiger partial charge in [-0.3, -0.25) is 4.79 Å². The third kappa shape index (κ3) is 4.13. The Morgan fingerprint density at radius 2 is 1.97 bits per heavy atom. The molecule has 1 saturated heterocycles. The highest BCUT2D eigenvalue weighted by atomic mass is 35.5. The number of carbonyl (C=O) groups excluding carboxylic acids is 1. The molecule has 7 heteroatoms. The van der Waals surface area contributed by atoms with Gasteiger partial charge < -0.3 is 21.3 Å². The van der Waals surface area contributed by atoms with E-state index in [2.05, 4.69) is 34.7 Å². The molecule has 0 atom stereocenters. The minimum absolute atomic E-state index is 0.123. The maximum absolute atomic E-state index is 13.0. The minimum Gasteiger partial charge on any atom is -0.405 e. The van der Waals surface area contributed by atoms with E-state index in [1.54, 1.807) is 0 Å². The maximum atomic E-state index is 13.0. The Balaban J connectivity index is 1.58.